The molecule has 38 heavy (non-hydrogen) atoms. The number of rotatable bonds is 9. The summed E-state index contributed by atoms with van der Waals surface area (Å²) in [6.07, 6.45) is 5.32. The predicted octanol–water partition coefficient (Wildman–Crippen LogP) is 5.36. The normalized spacial score (nSPS) is 18.8. The number of para-hydroxylation sites is 1. The third kappa shape index (κ3) is 6.53. The van der Waals surface area contributed by atoms with Crippen molar-refractivity contribution in [2.24, 2.45) is 11.8 Å². The minimum atomic E-state index is -0.677. The third-order valence-electron chi connectivity index (χ3n) is 7.13. The van der Waals surface area contributed by atoms with Crippen LogP contribution in [0.4, 0.5) is 0 Å². The van der Waals surface area contributed by atoms with Crippen molar-refractivity contribution in [3.63, 3.8) is 0 Å². The number of esters is 1. The lowest BCUT2D eigenvalue weighted by Crippen LogP contribution is -2.49. The number of nitrogens with one attached hydrogen (secondary N) is 2. The fourth-order valence-corrected chi connectivity index (χ4v) is 6.15. The number of hydrogen-bond acceptors (Lipinski definition) is 6. The minimum Gasteiger partial charge on any atom is -0.467 e. The molecular formula is C28H33BrN4O4S. The Bertz CT molecular complexity index is 1270. The first-order valence-electron chi connectivity index (χ1n) is 12.9. The van der Waals surface area contributed by atoms with Crippen LogP contribution in [0.15, 0.2) is 52.4 Å². The summed E-state index contributed by atoms with van der Waals surface area (Å²) in [5.74, 6) is -1.14. The molecular weight excluding hydrogens is 568 g/mol. The van der Waals surface area contributed by atoms with E-state index in [0.717, 1.165) is 33.6 Å². The van der Waals surface area contributed by atoms with E-state index in [2.05, 4.69) is 26.6 Å². The van der Waals surface area contributed by atoms with Crippen molar-refractivity contribution in [2.75, 3.05) is 7.11 Å². The molecule has 10 heteroatoms. The Kier molecular flexibility index (Phi) is 9.38. The van der Waals surface area contributed by atoms with Gasteiger partial charge in [-0.25, -0.2) is 9.48 Å². The molecule has 0 spiro atoms. The van der Waals surface area contributed by atoms with Crippen molar-refractivity contribution >= 4 is 45.1 Å². The third-order valence-corrected chi connectivity index (χ3v) is 8.76. The highest BCUT2D eigenvalue weighted by molar-refractivity contribution is 9.11. The first-order chi connectivity index (χ1) is 18.3. The average molecular weight is 602 g/mol. The van der Waals surface area contributed by atoms with Crippen LogP contribution in [0.1, 0.15) is 56.3 Å². The number of nitrogens with zero attached hydrogens (tertiary/aromatic N) is 2. The summed E-state index contributed by atoms with van der Waals surface area (Å²) >= 11 is 5.02. The monoisotopic (exact) mass is 600 g/mol. The second-order valence-corrected chi connectivity index (χ2v) is 12.2. The summed E-state index contributed by atoms with van der Waals surface area (Å²) in [6.45, 7) is 3.90. The SMILES string of the molecule is CC[C@@H](C)[C@@H](NC(=O)[C@@H]1CCC[C@H](NC(=O)c2cn(-c3ccccc3)nc2-c2ccc(Br)s2)C1)C(=O)OC. The number of hydrogen-bond donors (Lipinski definition) is 2. The van der Waals surface area contributed by atoms with Gasteiger partial charge in [0.2, 0.25) is 5.91 Å². The summed E-state index contributed by atoms with van der Waals surface area (Å²) in [7, 11) is 1.33. The first-order valence-corrected chi connectivity index (χ1v) is 14.5. The molecule has 0 unspecified atom stereocenters. The smallest absolute Gasteiger partial charge is 0.328 e. The van der Waals surface area contributed by atoms with Gasteiger partial charge in [0.05, 0.1) is 27.0 Å². The molecule has 4 rings (SSSR count). The number of amides is 2. The zero-order chi connectivity index (χ0) is 27.2. The Balaban J connectivity index is 1.49. The van der Waals surface area contributed by atoms with Crippen LogP contribution in [0.2, 0.25) is 0 Å². The van der Waals surface area contributed by atoms with Gasteiger partial charge in [0.1, 0.15) is 11.7 Å². The van der Waals surface area contributed by atoms with Gasteiger partial charge in [0.25, 0.3) is 5.91 Å². The minimum absolute atomic E-state index is 0.0395. The summed E-state index contributed by atoms with van der Waals surface area (Å²) in [6, 6.07) is 12.7. The second-order valence-electron chi connectivity index (χ2n) is 9.70. The predicted molar refractivity (Wildman–Crippen MR) is 151 cm³/mol. The van der Waals surface area contributed by atoms with Gasteiger partial charge in [-0.1, -0.05) is 44.9 Å². The first kappa shape index (κ1) is 28.0. The molecule has 0 saturated heterocycles. The molecule has 2 N–H and O–H groups in total. The molecule has 2 heterocycles. The van der Waals surface area contributed by atoms with E-state index in [0.29, 0.717) is 24.1 Å². The highest BCUT2D eigenvalue weighted by Crippen LogP contribution is 2.33. The van der Waals surface area contributed by atoms with Crippen LogP contribution in [0, 0.1) is 11.8 Å². The van der Waals surface area contributed by atoms with E-state index in [9.17, 15) is 14.4 Å². The molecule has 1 aromatic carbocycles. The van der Waals surface area contributed by atoms with Gasteiger partial charge in [0, 0.05) is 18.2 Å². The number of aromatic nitrogens is 2. The quantitative estimate of drug-likeness (QED) is 0.322. The molecule has 2 amide bonds. The number of methoxy groups -OCH3 is 1. The summed E-state index contributed by atoms with van der Waals surface area (Å²) in [4.78, 5) is 39.8. The van der Waals surface area contributed by atoms with E-state index in [1.807, 2.05) is 56.3 Å². The van der Waals surface area contributed by atoms with Crippen molar-refractivity contribution in [1.29, 1.82) is 0 Å². The molecule has 4 atom stereocenters. The van der Waals surface area contributed by atoms with Crippen molar-refractivity contribution in [2.45, 2.75) is 58.0 Å². The molecule has 2 aromatic heterocycles. The van der Waals surface area contributed by atoms with Gasteiger partial charge >= 0.3 is 5.97 Å². The lowest BCUT2D eigenvalue weighted by Gasteiger charge is -2.31. The van der Waals surface area contributed by atoms with E-state index in [1.165, 1.54) is 18.4 Å². The van der Waals surface area contributed by atoms with E-state index in [4.69, 9.17) is 9.84 Å². The molecule has 0 radical (unpaired) electrons. The average Bonchev–Trinajstić information content (AvgIpc) is 3.58. The van der Waals surface area contributed by atoms with Gasteiger partial charge < -0.3 is 15.4 Å². The van der Waals surface area contributed by atoms with Crippen LogP contribution >= 0.6 is 27.3 Å². The van der Waals surface area contributed by atoms with Crippen molar-refractivity contribution in [3.05, 3.63) is 58.0 Å². The number of benzene rings is 1. The lowest BCUT2D eigenvalue weighted by molar-refractivity contribution is -0.147. The molecule has 1 saturated carbocycles. The van der Waals surface area contributed by atoms with Crippen LogP contribution < -0.4 is 10.6 Å². The molecule has 0 bridgehead atoms. The molecule has 8 nitrogen and oxygen atoms in total. The maximum atomic E-state index is 13.5. The fourth-order valence-electron chi connectivity index (χ4n) is 4.77. The molecule has 3 aromatic rings. The van der Waals surface area contributed by atoms with Crippen molar-refractivity contribution < 1.29 is 19.1 Å². The molecule has 202 valence electrons. The lowest BCUT2D eigenvalue weighted by atomic mass is 9.84. The Hall–Kier alpha value is -2.98. The van der Waals surface area contributed by atoms with Gasteiger partial charge in [-0.2, -0.15) is 5.10 Å². The maximum Gasteiger partial charge on any atom is 0.328 e. The Labute approximate surface area is 235 Å². The summed E-state index contributed by atoms with van der Waals surface area (Å²) in [5, 5.41) is 10.8. The van der Waals surface area contributed by atoms with Crippen LogP contribution in [-0.2, 0) is 14.3 Å². The Morgan fingerprint density at radius 1 is 1.18 bits per heavy atom. The zero-order valence-electron chi connectivity index (χ0n) is 21.8. The van der Waals surface area contributed by atoms with Crippen LogP contribution in [-0.4, -0.2) is 46.8 Å². The zero-order valence-corrected chi connectivity index (χ0v) is 24.2. The molecule has 1 aliphatic carbocycles. The largest absolute Gasteiger partial charge is 0.467 e. The Morgan fingerprint density at radius 3 is 2.61 bits per heavy atom. The number of halogens is 1. The second kappa shape index (κ2) is 12.7. The summed E-state index contributed by atoms with van der Waals surface area (Å²) < 4.78 is 7.58. The van der Waals surface area contributed by atoms with Crippen LogP contribution in [0.5, 0.6) is 0 Å². The van der Waals surface area contributed by atoms with Gasteiger partial charge in [0.15, 0.2) is 0 Å². The van der Waals surface area contributed by atoms with E-state index in [-0.39, 0.29) is 29.7 Å². The molecule has 0 aliphatic heterocycles. The van der Waals surface area contributed by atoms with Gasteiger partial charge in [-0.3, -0.25) is 9.59 Å². The fraction of sp³-hybridized carbons (Fsp3) is 0.429. The molecule has 1 aliphatic rings. The summed E-state index contributed by atoms with van der Waals surface area (Å²) in [5.41, 5.74) is 1.96. The number of thiophene rings is 1. The van der Waals surface area contributed by atoms with Crippen LogP contribution in [0.25, 0.3) is 16.3 Å². The number of carbonyl (C=O) groups is 3. The number of carbonyl (C=O) groups excluding carboxylic acids is 3. The highest BCUT2D eigenvalue weighted by Gasteiger charge is 2.33. The van der Waals surface area contributed by atoms with Crippen molar-refractivity contribution in [3.8, 4) is 16.3 Å². The topological polar surface area (TPSA) is 102 Å². The van der Waals surface area contributed by atoms with E-state index in [1.54, 1.807) is 10.9 Å². The van der Waals surface area contributed by atoms with E-state index < -0.39 is 12.0 Å². The Morgan fingerprint density at radius 2 is 1.95 bits per heavy atom. The molecule has 1 fully saturated rings. The maximum absolute atomic E-state index is 13.5. The van der Waals surface area contributed by atoms with E-state index >= 15 is 0 Å². The number of ether oxygens (including phenoxy) is 1. The highest BCUT2D eigenvalue weighted by atomic mass is 79.9. The van der Waals surface area contributed by atoms with Gasteiger partial charge in [-0.15, -0.1) is 11.3 Å². The van der Waals surface area contributed by atoms with Crippen LogP contribution in [0.3, 0.4) is 0 Å². The van der Waals surface area contributed by atoms with Crippen molar-refractivity contribution in [1.82, 2.24) is 20.4 Å². The standard InChI is InChI=1S/C28H33BrN4O4S/c1-4-17(2)24(28(36)37-3)31-26(34)18-9-8-10-19(15-18)30-27(35)21-16-33(20-11-6-5-7-12-20)32-25(21)22-13-14-23(29)38-22/h5-7,11-14,16-19,24H,4,8-10,15H2,1-3H3,(H,30,35)(H,31,34)/t17-,18-,19+,24-/m1/s1. The van der Waals surface area contributed by atoms with Gasteiger partial charge in [-0.05, 0) is 65.4 Å².